The van der Waals surface area contributed by atoms with Gasteiger partial charge in [-0.2, -0.15) is 0 Å². The molecule has 26 heavy (non-hydrogen) atoms. The molecule has 0 aliphatic rings. The lowest BCUT2D eigenvalue weighted by Gasteiger charge is -2.16. The molecule has 0 aliphatic carbocycles. The number of hydrogen-bond donors (Lipinski definition) is 0. The fraction of sp³-hybridized carbons (Fsp3) is 0.167. The first-order chi connectivity index (χ1) is 12.3. The van der Waals surface area contributed by atoms with Gasteiger partial charge in [0.05, 0.1) is 18.1 Å². The van der Waals surface area contributed by atoms with Crippen molar-refractivity contribution in [2.75, 3.05) is 17.6 Å². The van der Waals surface area contributed by atoms with E-state index in [1.165, 1.54) is 11.4 Å². The summed E-state index contributed by atoms with van der Waals surface area (Å²) in [6.45, 7) is 0.162. The molecule has 0 saturated heterocycles. The molecule has 3 aromatic rings. The second-order valence-corrected chi connectivity index (χ2v) is 8.09. The van der Waals surface area contributed by atoms with Gasteiger partial charge < -0.3 is 9.15 Å². The quantitative estimate of drug-likeness (QED) is 0.634. The van der Waals surface area contributed by atoms with Gasteiger partial charge in [0, 0.05) is 17.6 Å². The molecule has 1 aromatic heterocycles. The highest BCUT2D eigenvalue weighted by Crippen LogP contribution is 2.24. The van der Waals surface area contributed by atoms with Crippen LogP contribution < -0.4 is 9.04 Å². The second-order valence-electron chi connectivity index (χ2n) is 5.64. The summed E-state index contributed by atoms with van der Waals surface area (Å²) in [5, 5.41) is 0.654. The maximum absolute atomic E-state index is 11.5. The Bertz CT molecular complexity index is 983. The molecule has 0 radical (unpaired) electrons. The van der Waals surface area contributed by atoms with E-state index < -0.39 is 10.0 Å². The third-order valence-corrected chi connectivity index (χ3v) is 5.20. The monoisotopic (exact) mass is 392 g/mol. The summed E-state index contributed by atoms with van der Waals surface area (Å²) in [4.78, 5) is 4.20. The summed E-state index contributed by atoms with van der Waals surface area (Å²) in [6.07, 6.45) is 2.78. The van der Waals surface area contributed by atoms with E-state index in [2.05, 4.69) is 4.98 Å². The van der Waals surface area contributed by atoms with Crippen molar-refractivity contribution >= 4 is 27.3 Å². The average molecular weight is 393 g/mol. The summed E-state index contributed by atoms with van der Waals surface area (Å²) < 4.78 is 35.6. The molecule has 0 N–H and O–H groups in total. The van der Waals surface area contributed by atoms with Crippen LogP contribution in [0.25, 0.3) is 11.3 Å². The Morgan fingerprint density at radius 1 is 1.12 bits per heavy atom. The van der Waals surface area contributed by atoms with Crippen molar-refractivity contribution in [2.45, 2.75) is 6.61 Å². The maximum atomic E-state index is 11.5. The van der Waals surface area contributed by atoms with Gasteiger partial charge in [0.1, 0.15) is 5.75 Å². The molecular weight excluding hydrogens is 376 g/mol. The van der Waals surface area contributed by atoms with Gasteiger partial charge >= 0.3 is 0 Å². The zero-order valence-electron chi connectivity index (χ0n) is 14.2. The number of rotatable bonds is 6. The molecule has 0 bridgehead atoms. The van der Waals surface area contributed by atoms with Crippen molar-refractivity contribution in [3.8, 4) is 17.1 Å². The zero-order chi connectivity index (χ0) is 18.7. The van der Waals surface area contributed by atoms with Gasteiger partial charge in [-0.25, -0.2) is 13.4 Å². The highest BCUT2D eigenvalue weighted by Gasteiger charge is 2.12. The van der Waals surface area contributed by atoms with Gasteiger partial charge in [-0.15, -0.1) is 0 Å². The molecular formula is C18H17ClN2O4S. The lowest BCUT2D eigenvalue weighted by Crippen LogP contribution is -2.24. The molecule has 2 aromatic carbocycles. The first kappa shape index (κ1) is 18.3. The molecule has 6 nitrogen and oxygen atoms in total. The molecule has 0 amide bonds. The number of ether oxygens (including phenoxy) is 1. The first-order valence-corrected chi connectivity index (χ1v) is 9.93. The molecule has 0 fully saturated rings. The minimum absolute atomic E-state index is 0.162. The summed E-state index contributed by atoms with van der Waals surface area (Å²) in [5.41, 5.74) is 1.43. The lowest BCUT2D eigenvalue weighted by molar-refractivity contribution is 0.264. The van der Waals surface area contributed by atoms with Crippen LogP contribution in [-0.4, -0.2) is 26.7 Å². The largest absolute Gasteiger partial charge is 0.484 e. The van der Waals surface area contributed by atoms with Crippen LogP contribution in [0.4, 0.5) is 5.69 Å². The van der Waals surface area contributed by atoms with Crippen LogP contribution in [0.3, 0.4) is 0 Å². The molecule has 136 valence electrons. The molecule has 0 aliphatic heterocycles. The van der Waals surface area contributed by atoms with Gasteiger partial charge in [0.25, 0.3) is 0 Å². The van der Waals surface area contributed by atoms with E-state index in [-0.39, 0.29) is 6.61 Å². The number of anilines is 1. The Hall–Kier alpha value is -2.51. The van der Waals surface area contributed by atoms with Gasteiger partial charge in [-0.1, -0.05) is 11.6 Å². The Labute approximate surface area is 157 Å². The number of nitrogens with zero attached hydrogens (tertiary/aromatic N) is 2. The number of hydrogen-bond acceptors (Lipinski definition) is 5. The predicted octanol–water partition coefficient (Wildman–Crippen LogP) is 3.97. The van der Waals surface area contributed by atoms with Crippen molar-refractivity contribution in [3.05, 3.63) is 65.6 Å². The third-order valence-electron chi connectivity index (χ3n) is 3.74. The fourth-order valence-electron chi connectivity index (χ4n) is 2.21. The van der Waals surface area contributed by atoms with Crippen molar-refractivity contribution in [1.82, 2.24) is 4.98 Å². The van der Waals surface area contributed by atoms with Crippen LogP contribution in [0.2, 0.25) is 5.02 Å². The van der Waals surface area contributed by atoms with Gasteiger partial charge in [-0.05, 0) is 48.5 Å². The van der Waals surface area contributed by atoms with Gasteiger partial charge in [0.15, 0.2) is 12.4 Å². The van der Waals surface area contributed by atoms with E-state index in [4.69, 9.17) is 20.8 Å². The smallest absolute Gasteiger partial charge is 0.232 e. The lowest BCUT2D eigenvalue weighted by atomic mass is 10.2. The molecule has 0 saturated carbocycles. The summed E-state index contributed by atoms with van der Waals surface area (Å²) in [7, 11) is -1.79. The van der Waals surface area contributed by atoms with E-state index in [0.29, 0.717) is 28.1 Å². The van der Waals surface area contributed by atoms with Crippen LogP contribution >= 0.6 is 11.6 Å². The Morgan fingerprint density at radius 2 is 1.77 bits per heavy atom. The maximum Gasteiger partial charge on any atom is 0.232 e. The summed E-state index contributed by atoms with van der Waals surface area (Å²) in [5.74, 6) is 1.65. The number of benzene rings is 2. The number of oxazole rings is 1. The van der Waals surface area contributed by atoms with Crippen LogP contribution in [0.15, 0.2) is 59.1 Å². The van der Waals surface area contributed by atoms with Crippen LogP contribution in [0.5, 0.6) is 5.75 Å². The van der Waals surface area contributed by atoms with Crippen LogP contribution in [0.1, 0.15) is 5.89 Å². The van der Waals surface area contributed by atoms with E-state index in [0.717, 1.165) is 11.8 Å². The number of sulfonamides is 1. The third kappa shape index (κ3) is 4.36. The topological polar surface area (TPSA) is 72.6 Å². The Morgan fingerprint density at radius 3 is 2.38 bits per heavy atom. The number of aromatic nitrogens is 1. The zero-order valence-corrected chi connectivity index (χ0v) is 15.8. The van der Waals surface area contributed by atoms with E-state index in [1.54, 1.807) is 42.6 Å². The van der Waals surface area contributed by atoms with Crippen molar-refractivity contribution in [2.24, 2.45) is 0 Å². The molecule has 0 unspecified atom stereocenters. The summed E-state index contributed by atoms with van der Waals surface area (Å²) >= 11 is 5.87. The SMILES string of the molecule is CN(c1ccc(OCc2ncc(-c3ccc(Cl)cc3)o2)cc1)S(C)(=O)=O. The normalized spacial score (nSPS) is 11.3. The number of halogens is 1. The van der Waals surface area contributed by atoms with Crippen LogP contribution in [0, 0.1) is 0 Å². The van der Waals surface area contributed by atoms with E-state index in [1.807, 2.05) is 12.1 Å². The highest BCUT2D eigenvalue weighted by atomic mass is 35.5. The van der Waals surface area contributed by atoms with E-state index >= 15 is 0 Å². The Kier molecular flexibility index (Phi) is 5.20. The standard InChI is InChI=1S/C18H17ClN2O4S/c1-21(26(2,22)23)15-7-9-16(10-8-15)24-12-18-20-11-17(25-18)13-3-5-14(19)6-4-13/h3-11H,12H2,1-2H3. The first-order valence-electron chi connectivity index (χ1n) is 7.70. The molecule has 3 rings (SSSR count). The highest BCUT2D eigenvalue weighted by molar-refractivity contribution is 7.92. The molecule has 0 atom stereocenters. The van der Waals surface area contributed by atoms with Gasteiger partial charge in [-0.3, -0.25) is 4.31 Å². The molecule has 1 heterocycles. The second kappa shape index (κ2) is 7.39. The van der Waals surface area contributed by atoms with Gasteiger partial charge in [0.2, 0.25) is 15.9 Å². The molecule has 8 heteroatoms. The van der Waals surface area contributed by atoms with Crippen molar-refractivity contribution < 1.29 is 17.6 Å². The molecule has 0 spiro atoms. The van der Waals surface area contributed by atoms with Crippen molar-refractivity contribution in [3.63, 3.8) is 0 Å². The van der Waals surface area contributed by atoms with E-state index in [9.17, 15) is 8.42 Å². The average Bonchev–Trinajstić information content (AvgIpc) is 3.08. The van der Waals surface area contributed by atoms with Crippen LogP contribution in [-0.2, 0) is 16.6 Å². The minimum atomic E-state index is -3.29. The summed E-state index contributed by atoms with van der Waals surface area (Å²) in [6, 6.07) is 14.0. The van der Waals surface area contributed by atoms with Crippen molar-refractivity contribution in [1.29, 1.82) is 0 Å². The minimum Gasteiger partial charge on any atom is -0.484 e. The predicted molar refractivity (Wildman–Crippen MR) is 101 cm³/mol. The fourth-order valence-corrected chi connectivity index (χ4v) is 2.84. The Balaban J connectivity index is 1.64.